The van der Waals surface area contributed by atoms with E-state index in [1.54, 1.807) is 7.11 Å². The molecule has 0 unspecified atom stereocenters. The van der Waals surface area contributed by atoms with Crippen LogP contribution in [-0.2, 0) is 4.84 Å². The minimum absolute atomic E-state index is 0.759. The third-order valence-electron chi connectivity index (χ3n) is 4.58. The number of halogens is 1. The van der Waals surface area contributed by atoms with Crippen molar-refractivity contribution in [1.29, 1.82) is 0 Å². The van der Waals surface area contributed by atoms with E-state index in [1.165, 1.54) is 5.56 Å². The predicted octanol–water partition coefficient (Wildman–Crippen LogP) is 6.24. The number of nitrogens with zero attached hydrogens (tertiary/aromatic N) is 2. The minimum atomic E-state index is 0.759. The Morgan fingerprint density at radius 1 is 1.12 bits per heavy atom. The summed E-state index contributed by atoms with van der Waals surface area (Å²) in [5, 5.41) is 6.07. The van der Waals surface area contributed by atoms with Gasteiger partial charge in [0.15, 0.2) is 0 Å². The first-order chi connectivity index (χ1) is 12.5. The molecule has 1 aromatic heterocycles. The molecule has 0 aliphatic heterocycles. The van der Waals surface area contributed by atoms with Crippen LogP contribution in [0.25, 0.3) is 22.0 Å². The topological polar surface area (TPSA) is 34.5 Å². The number of aryl methyl sites for hydroxylation is 3. The Bertz CT molecular complexity index is 985. The van der Waals surface area contributed by atoms with Crippen molar-refractivity contribution in [2.45, 2.75) is 34.1 Å². The molecule has 4 heteroatoms. The van der Waals surface area contributed by atoms with Gasteiger partial charge in [-0.25, -0.2) is 0 Å². The first-order valence-corrected chi connectivity index (χ1v) is 9.12. The number of benzene rings is 2. The van der Waals surface area contributed by atoms with Gasteiger partial charge in [-0.1, -0.05) is 41.9 Å². The Morgan fingerprint density at radius 2 is 1.81 bits per heavy atom. The van der Waals surface area contributed by atoms with Crippen LogP contribution in [0.2, 0.25) is 5.02 Å². The lowest BCUT2D eigenvalue weighted by molar-refractivity contribution is 0.213. The maximum atomic E-state index is 6.23. The first kappa shape index (κ1) is 18.4. The van der Waals surface area contributed by atoms with Gasteiger partial charge in [0.25, 0.3) is 0 Å². The Labute approximate surface area is 159 Å². The summed E-state index contributed by atoms with van der Waals surface area (Å²) in [5.74, 6) is 0. The molecule has 0 radical (unpaired) electrons. The lowest BCUT2D eigenvalue weighted by atomic mass is 9.92. The van der Waals surface area contributed by atoms with E-state index >= 15 is 0 Å². The zero-order chi connectivity index (χ0) is 18.8. The van der Waals surface area contributed by atoms with Crippen molar-refractivity contribution >= 4 is 28.2 Å². The van der Waals surface area contributed by atoms with Crippen molar-refractivity contribution in [1.82, 2.24) is 4.98 Å². The van der Waals surface area contributed by atoms with Crippen LogP contribution < -0.4 is 0 Å². The second-order valence-electron chi connectivity index (χ2n) is 6.50. The smallest absolute Gasteiger partial charge is 0.106 e. The molecule has 0 atom stereocenters. The summed E-state index contributed by atoms with van der Waals surface area (Å²) in [6.07, 6.45) is 0.787. The summed E-state index contributed by atoms with van der Waals surface area (Å²) >= 11 is 6.23. The molecule has 3 rings (SSSR count). The van der Waals surface area contributed by atoms with Crippen LogP contribution in [0, 0.1) is 20.8 Å². The Kier molecular flexibility index (Phi) is 5.28. The summed E-state index contributed by atoms with van der Waals surface area (Å²) < 4.78 is 0. The predicted molar refractivity (Wildman–Crippen MR) is 110 cm³/mol. The van der Waals surface area contributed by atoms with Gasteiger partial charge >= 0.3 is 0 Å². The second kappa shape index (κ2) is 7.46. The molecular weight excluding hydrogens is 344 g/mol. The van der Waals surface area contributed by atoms with Crippen molar-refractivity contribution in [3.63, 3.8) is 0 Å². The number of hydrogen-bond donors (Lipinski definition) is 0. The molecule has 0 aliphatic rings. The van der Waals surface area contributed by atoms with E-state index in [2.05, 4.69) is 50.2 Å². The number of rotatable bonds is 4. The zero-order valence-electron chi connectivity index (χ0n) is 15.9. The van der Waals surface area contributed by atoms with Crippen molar-refractivity contribution < 1.29 is 4.84 Å². The van der Waals surface area contributed by atoms with Crippen LogP contribution >= 0.6 is 11.6 Å². The fourth-order valence-electron chi connectivity index (χ4n) is 3.57. The van der Waals surface area contributed by atoms with Gasteiger partial charge in [0, 0.05) is 27.2 Å². The molecule has 0 N–H and O–H groups in total. The highest BCUT2D eigenvalue weighted by Crippen LogP contribution is 2.35. The number of pyridine rings is 1. The molecule has 0 fully saturated rings. The van der Waals surface area contributed by atoms with Crippen LogP contribution in [0.3, 0.4) is 0 Å². The number of hydrogen-bond acceptors (Lipinski definition) is 3. The molecular formula is C22H23ClN2O. The molecule has 1 heterocycles. The van der Waals surface area contributed by atoms with Gasteiger partial charge in [0.05, 0.1) is 11.2 Å². The molecule has 2 aromatic carbocycles. The monoisotopic (exact) mass is 366 g/mol. The number of para-hydroxylation sites is 1. The number of oxime groups is 1. The number of aromatic nitrogens is 1. The lowest BCUT2D eigenvalue weighted by Crippen LogP contribution is -2.04. The molecule has 0 bridgehead atoms. The third kappa shape index (κ3) is 3.32. The molecule has 0 aliphatic carbocycles. The molecule has 0 spiro atoms. The highest BCUT2D eigenvalue weighted by Gasteiger charge is 2.16. The van der Waals surface area contributed by atoms with Gasteiger partial charge in [-0.15, -0.1) is 0 Å². The van der Waals surface area contributed by atoms with Gasteiger partial charge in [-0.05, 0) is 62.1 Å². The summed E-state index contributed by atoms with van der Waals surface area (Å²) in [5.41, 5.74) is 8.53. The van der Waals surface area contributed by atoms with Crippen molar-refractivity contribution in [3.05, 3.63) is 63.8 Å². The average Bonchev–Trinajstić information content (AvgIpc) is 2.58. The SMILES string of the molecule is CC/C(=N/OC)c1cc(C)nc2c(-c3c(C)cc(Cl)cc3C)cccc12. The summed E-state index contributed by atoms with van der Waals surface area (Å²) in [6.45, 7) is 8.28. The molecule has 3 aromatic rings. The highest BCUT2D eigenvalue weighted by atomic mass is 35.5. The minimum Gasteiger partial charge on any atom is -0.399 e. The van der Waals surface area contributed by atoms with Crippen molar-refractivity contribution in [2.75, 3.05) is 7.11 Å². The Balaban J connectivity index is 2.38. The van der Waals surface area contributed by atoms with Gasteiger partial charge in [-0.2, -0.15) is 0 Å². The van der Waals surface area contributed by atoms with E-state index in [9.17, 15) is 0 Å². The average molecular weight is 367 g/mol. The third-order valence-corrected chi connectivity index (χ3v) is 4.80. The van der Waals surface area contributed by atoms with Gasteiger partial charge in [0.1, 0.15) is 7.11 Å². The maximum Gasteiger partial charge on any atom is 0.106 e. The van der Waals surface area contributed by atoms with Crippen LogP contribution in [0.1, 0.15) is 35.7 Å². The molecule has 134 valence electrons. The fourth-order valence-corrected chi connectivity index (χ4v) is 3.89. The van der Waals surface area contributed by atoms with Gasteiger partial charge in [0.2, 0.25) is 0 Å². The second-order valence-corrected chi connectivity index (χ2v) is 6.94. The molecule has 26 heavy (non-hydrogen) atoms. The van der Waals surface area contributed by atoms with Gasteiger partial charge in [-0.3, -0.25) is 4.98 Å². The van der Waals surface area contributed by atoms with E-state index in [0.29, 0.717) is 0 Å². The normalized spacial score (nSPS) is 11.8. The van der Waals surface area contributed by atoms with Crippen molar-refractivity contribution in [3.8, 4) is 11.1 Å². The molecule has 0 amide bonds. The fraction of sp³-hybridized carbons (Fsp3) is 0.273. The van der Waals surface area contributed by atoms with E-state index in [1.807, 2.05) is 19.1 Å². The van der Waals surface area contributed by atoms with Gasteiger partial charge < -0.3 is 4.84 Å². The maximum absolute atomic E-state index is 6.23. The quantitative estimate of drug-likeness (QED) is 0.404. The van der Waals surface area contributed by atoms with E-state index < -0.39 is 0 Å². The van der Waals surface area contributed by atoms with E-state index in [-0.39, 0.29) is 0 Å². The molecule has 0 saturated heterocycles. The standard InChI is InChI=1S/C22H23ClN2O/c1-6-20(25-26-5)19-12-15(4)24-22-17(19)8-7-9-18(22)21-13(2)10-16(23)11-14(21)3/h7-12H,6H2,1-5H3/b25-20-. The lowest BCUT2D eigenvalue weighted by Gasteiger charge is -2.15. The van der Waals surface area contributed by atoms with Crippen LogP contribution in [0.4, 0.5) is 0 Å². The first-order valence-electron chi connectivity index (χ1n) is 8.74. The Hall–Kier alpha value is -2.39. The summed E-state index contributed by atoms with van der Waals surface area (Å²) in [4.78, 5) is 9.92. The van der Waals surface area contributed by atoms with Crippen LogP contribution in [0.15, 0.2) is 41.6 Å². The summed E-state index contributed by atoms with van der Waals surface area (Å²) in [6, 6.07) is 12.4. The van der Waals surface area contributed by atoms with Crippen LogP contribution in [0.5, 0.6) is 0 Å². The van der Waals surface area contributed by atoms with Crippen molar-refractivity contribution in [2.24, 2.45) is 5.16 Å². The summed E-state index contributed by atoms with van der Waals surface area (Å²) in [7, 11) is 1.58. The largest absolute Gasteiger partial charge is 0.399 e. The van der Waals surface area contributed by atoms with E-state index in [0.717, 1.165) is 56.0 Å². The highest BCUT2D eigenvalue weighted by molar-refractivity contribution is 6.30. The molecule has 3 nitrogen and oxygen atoms in total. The molecule has 0 saturated carbocycles. The zero-order valence-corrected chi connectivity index (χ0v) is 16.6. The van der Waals surface area contributed by atoms with Crippen LogP contribution in [-0.4, -0.2) is 17.8 Å². The number of fused-ring (bicyclic) bond motifs is 1. The Morgan fingerprint density at radius 3 is 2.42 bits per heavy atom. The van der Waals surface area contributed by atoms with E-state index in [4.69, 9.17) is 21.4 Å².